The number of aryl methyl sites for hydroxylation is 1. The molecule has 0 saturated heterocycles. The highest BCUT2D eigenvalue weighted by atomic mass is 32.1. The van der Waals surface area contributed by atoms with Gasteiger partial charge in [0.1, 0.15) is 5.75 Å². The van der Waals surface area contributed by atoms with Gasteiger partial charge in [0.25, 0.3) is 0 Å². The Morgan fingerprint density at radius 2 is 2.40 bits per heavy atom. The Bertz CT molecular complexity index is 554. The number of aromatic nitrogens is 1. The van der Waals surface area contributed by atoms with Gasteiger partial charge in [-0.25, -0.2) is 4.98 Å². The Kier molecular flexibility index (Phi) is 4.33. The highest BCUT2D eigenvalue weighted by Crippen LogP contribution is 2.32. The van der Waals surface area contributed by atoms with Crippen LogP contribution in [0.1, 0.15) is 35.0 Å². The van der Waals surface area contributed by atoms with E-state index >= 15 is 0 Å². The van der Waals surface area contributed by atoms with Gasteiger partial charge in [0.2, 0.25) is 0 Å². The highest BCUT2D eigenvalue weighted by molar-refractivity contribution is 7.09. The lowest BCUT2D eigenvalue weighted by atomic mass is 9.87. The Hall–Kier alpha value is -1.39. The van der Waals surface area contributed by atoms with Gasteiger partial charge in [0, 0.05) is 30.6 Å². The van der Waals surface area contributed by atoms with Gasteiger partial charge < -0.3 is 10.1 Å². The maximum absolute atomic E-state index is 5.32. The Morgan fingerprint density at radius 1 is 1.45 bits per heavy atom. The summed E-state index contributed by atoms with van der Waals surface area (Å²) in [5.41, 5.74) is 2.87. The van der Waals surface area contributed by atoms with E-state index in [4.69, 9.17) is 4.74 Å². The third kappa shape index (κ3) is 3.02. The molecule has 0 aliphatic heterocycles. The quantitative estimate of drug-likeness (QED) is 0.916. The SMILES string of the molecule is COc1ccc2c(c1)CCCC2NCCc1nccs1. The summed E-state index contributed by atoms with van der Waals surface area (Å²) in [4.78, 5) is 4.33. The first-order valence-electron chi connectivity index (χ1n) is 7.15. The van der Waals surface area contributed by atoms with Crippen molar-refractivity contribution in [3.05, 3.63) is 45.9 Å². The second-order valence-corrected chi connectivity index (χ2v) is 6.12. The molecule has 0 spiro atoms. The predicted molar refractivity (Wildman–Crippen MR) is 82.5 cm³/mol. The minimum atomic E-state index is 0.476. The van der Waals surface area contributed by atoms with Crippen molar-refractivity contribution in [2.24, 2.45) is 0 Å². The molecule has 2 aromatic rings. The van der Waals surface area contributed by atoms with Crippen molar-refractivity contribution >= 4 is 11.3 Å². The molecule has 1 heterocycles. The number of ether oxygens (including phenoxy) is 1. The molecule has 1 aliphatic rings. The predicted octanol–water partition coefficient (Wildman–Crippen LogP) is 3.36. The molecule has 1 aromatic heterocycles. The first-order chi connectivity index (χ1) is 9.86. The molecule has 106 valence electrons. The first kappa shape index (κ1) is 13.6. The molecule has 1 unspecified atom stereocenters. The molecular formula is C16H20N2OS. The van der Waals surface area contributed by atoms with Crippen LogP contribution in [-0.4, -0.2) is 18.6 Å². The number of hydrogen-bond acceptors (Lipinski definition) is 4. The van der Waals surface area contributed by atoms with Crippen LogP contribution < -0.4 is 10.1 Å². The molecular weight excluding hydrogens is 268 g/mol. The lowest BCUT2D eigenvalue weighted by molar-refractivity contribution is 0.411. The van der Waals surface area contributed by atoms with Crippen LogP contribution in [0.5, 0.6) is 5.75 Å². The molecule has 3 rings (SSSR count). The van der Waals surface area contributed by atoms with Gasteiger partial charge in [-0.2, -0.15) is 0 Å². The fraction of sp³-hybridized carbons (Fsp3) is 0.438. The largest absolute Gasteiger partial charge is 0.497 e. The molecule has 4 heteroatoms. The van der Waals surface area contributed by atoms with E-state index in [0.717, 1.165) is 25.1 Å². The molecule has 0 fully saturated rings. The van der Waals surface area contributed by atoms with Crippen LogP contribution in [-0.2, 0) is 12.8 Å². The molecule has 1 aliphatic carbocycles. The van der Waals surface area contributed by atoms with Crippen molar-refractivity contribution in [3.8, 4) is 5.75 Å². The zero-order valence-corrected chi connectivity index (χ0v) is 12.6. The van der Waals surface area contributed by atoms with E-state index in [1.807, 2.05) is 11.6 Å². The average Bonchev–Trinajstić information content (AvgIpc) is 3.00. The zero-order chi connectivity index (χ0) is 13.8. The van der Waals surface area contributed by atoms with Crippen molar-refractivity contribution in [2.45, 2.75) is 31.7 Å². The van der Waals surface area contributed by atoms with Gasteiger partial charge in [0.05, 0.1) is 12.1 Å². The molecule has 0 radical (unpaired) electrons. The van der Waals surface area contributed by atoms with Crippen molar-refractivity contribution in [2.75, 3.05) is 13.7 Å². The summed E-state index contributed by atoms with van der Waals surface area (Å²) >= 11 is 1.73. The summed E-state index contributed by atoms with van der Waals surface area (Å²) in [6.45, 7) is 0.990. The van der Waals surface area contributed by atoms with Crippen LogP contribution in [0.15, 0.2) is 29.8 Å². The number of benzene rings is 1. The summed E-state index contributed by atoms with van der Waals surface area (Å²) in [6, 6.07) is 6.95. The molecule has 0 bridgehead atoms. The van der Waals surface area contributed by atoms with Crippen molar-refractivity contribution in [3.63, 3.8) is 0 Å². The van der Waals surface area contributed by atoms with E-state index < -0.39 is 0 Å². The van der Waals surface area contributed by atoms with Crippen LogP contribution in [0.2, 0.25) is 0 Å². The topological polar surface area (TPSA) is 34.1 Å². The number of thiazole rings is 1. The van der Waals surface area contributed by atoms with Gasteiger partial charge in [-0.15, -0.1) is 11.3 Å². The smallest absolute Gasteiger partial charge is 0.119 e. The molecule has 0 amide bonds. The molecule has 1 N–H and O–H groups in total. The normalized spacial score (nSPS) is 17.8. The molecule has 20 heavy (non-hydrogen) atoms. The minimum absolute atomic E-state index is 0.476. The van der Waals surface area contributed by atoms with Gasteiger partial charge in [-0.3, -0.25) is 0 Å². The van der Waals surface area contributed by atoms with E-state index in [1.54, 1.807) is 18.4 Å². The van der Waals surface area contributed by atoms with Gasteiger partial charge >= 0.3 is 0 Å². The summed E-state index contributed by atoms with van der Waals surface area (Å²) in [6.07, 6.45) is 6.52. The fourth-order valence-corrected chi connectivity index (χ4v) is 3.48. The van der Waals surface area contributed by atoms with Crippen LogP contribution in [0.4, 0.5) is 0 Å². The Morgan fingerprint density at radius 3 is 3.20 bits per heavy atom. The van der Waals surface area contributed by atoms with E-state index in [1.165, 1.54) is 29.0 Å². The van der Waals surface area contributed by atoms with Gasteiger partial charge in [0.15, 0.2) is 0 Å². The summed E-state index contributed by atoms with van der Waals surface area (Å²) in [5.74, 6) is 0.965. The summed E-state index contributed by atoms with van der Waals surface area (Å²) in [7, 11) is 1.73. The van der Waals surface area contributed by atoms with Crippen LogP contribution in [0.25, 0.3) is 0 Å². The van der Waals surface area contributed by atoms with E-state index in [9.17, 15) is 0 Å². The van der Waals surface area contributed by atoms with E-state index in [-0.39, 0.29) is 0 Å². The number of methoxy groups -OCH3 is 1. The zero-order valence-electron chi connectivity index (χ0n) is 11.8. The highest BCUT2D eigenvalue weighted by Gasteiger charge is 2.19. The lowest BCUT2D eigenvalue weighted by Gasteiger charge is -2.26. The second-order valence-electron chi connectivity index (χ2n) is 5.14. The van der Waals surface area contributed by atoms with Crippen molar-refractivity contribution in [1.82, 2.24) is 10.3 Å². The second kappa shape index (κ2) is 6.37. The van der Waals surface area contributed by atoms with Crippen LogP contribution >= 0.6 is 11.3 Å². The number of rotatable bonds is 5. The van der Waals surface area contributed by atoms with Gasteiger partial charge in [-0.05, 0) is 42.5 Å². The van der Waals surface area contributed by atoms with Crippen LogP contribution in [0.3, 0.4) is 0 Å². The fourth-order valence-electron chi connectivity index (χ4n) is 2.86. The van der Waals surface area contributed by atoms with E-state index in [0.29, 0.717) is 6.04 Å². The molecule has 1 atom stereocenters. The third-order valence-corrected chi connectivity index (χ3v) is 4.72. The standard InChI is InChI=1S/C16H20N2OS/c1-19-13-5-6-14-12(11-13)3-2-4-15(14)17-8-7-16-18-9-10-20-16/h5-6,9-11,15,17H,2-4,7-8H2,1H3. The lowest BCUT2D eigenvalue weighted by Crippen LogP contribution is -2.27. The maximum Gasteiger partial charge on any atom is 0.119 e. The van der Waals surface area contributed by atoms with Crippen molar-refractivity contribution < 1.29 is 4.74 Å². The summed E-state index contributed by atoms with van der Waals surface area (Å²) in [5, 5.41) is 6.93. The molecule has 3 nitrogen and oxygen atoms in total. The van der Waals surface area contributed by atoms with Gasteiger partial charge in [-0.1, -0.05) is 6.07 Å². The van der Waals surface area contributed by atoms with Crippen molar-refractivity contribution in [1.29, 1.82) is 0 Å². The molecule has 1 aromatic carbocycles. The monoisotopic (exact) mass is 288 g/mol. The Labute approximate surface area is 124 Å². The number of nitrogens with zero attached hydrogens (tertiary/aromatic N) is 1. The minimum Gasteiger partial charge on any atom is -0.497 e. The molecule has 0 saturated carbocycles. The van der Waals surface area contributed by atoms with Crippen LogP contribution in [0, 0.1) is 0 Å². The third-order valence-electron chi connectivity index (χ3n) is 3.88. The number of nitrogens with one attached hydrogen (secondary N) is 1. The number of fused-ring (bicyclic) bond motifs is 1. The van der Waals surface area contributed by atoms with E-state index in [2.05, 4.69) is 28.5 Å². The Balaban J connectivity index is 1.64. The average molecular weight is 288 g/mol. The summed E-state index contributed by atoms with van der Waals surface area (Å²) < 4.78 is 5.32. The maximum atomic E-state index is 5.32. The first-order valence-corrected chi connectivity index (χ1v) is 8.03. The number of hydrogen-bond donors (Lipinski definition) is 1.